The summed E-state index contributed by atoms with van der Waals surface area (Å²) in [5.41, 5.74) is 7.83. The Bertz CT molecular complexity index is 584. The summed E-state index contributed by atoms with van der Waals surface area (Å²) in [5, 5.41) is 10.7. The zero-order valence-electron chi connectivity index (χ0n) is 10.6. The van der Waals surface area contributed by atoms with Gasteiger partial charge in [-0.2, -0.15) is 0 Å². The average Bonchev–Trinajstić information content (AvgIpc) is 2.39. The van der Waals surface area contributed by atoms with Gasteiger partial charge in [-0.3, -0.25) is 10.1 Å². The van der Waals surface area contributed by atoms with Gasteiger partial charge in [0.15, 0.2) is 0 Å². The molecule has 0 aliphatic rings. The van der Waals surface area contributed by atoms with Crippen LogP contribution in [0.25, 0.3) is 0 Å². The molecular weight excluding hydrogens is 242 g/mol. The van der Waals surface area contributed by atoms with Gasteiger partial charge < -0.3 is 10.6 Å². The van der Waals surface area contributed by atoms with Crippen LogP contribution in [-0.4, -0.2) is 12.0 Å². The molecule has 0 aliphatic heterocycles. The zero-order valence-corrected chi connectivity index (χ0v) is 10.6. The molecule has 0 bridgehead atoms. The van der Waals surface area contributed by atoms with Gasteiger partial charge in [0, 0.05) is 25.3 Å². The predicted molar refractivity (Wildman–Crippen MR) is 76.1 cm³/mol. The Hall–Kier alpha value is -2.56. The lowest BCUT2D eigenvalue weighted by Gasteiger charge is -2.19. The lowest BCUT2D eigenvalue weighted by Crippen LogP contribution is -2.16. The van der Waals surface area contributed by atoms with E-state index in [0.29, 0.717) is 0 Å². The number of rotatable bonds is 4. The van der Waals surface area contributed by atoms with Crippen LogP contribution < -0.4 is 10.6 Å². The van der Waals surface area contributed by atoms with Crippen LogP contribution in [0.4, 0.5) is 17.1 Å². The second kappa shape index (κ2) is 5.39. The summed E-state index contributed by atoms with van der Waals surface area (Å²) in [6.45, 7) is 0.720. The summed E-state index contributed by atoms with van der Waals surface area (Å²) in [7, 11) is 1.92. The standard InChI is InChI=1S/C14H15N3O2/c1-16(10-11-5-3-2-4-6-11)12-7-8-14(17(18)19)13(15)9-12/h2-9H,10,15H2,1H3. The number of nitrogen functional groups attached to an aromatic ring is 1. The number of anilines is 2. The van der Waals surface area contributed by atoms with Crippen molar-refractivity contribution in [3.05, 3.63) is 64.2 Å². The first-order chi connectivity index (χ1) is 9.08. The van der Waals surface area contributed by atoms with Gasteiger partial charge in [-0.1, -0.05) is 30.3 Å². The van der Waals surface area contributed by atoms with Crippen LogP contribution in [0.5, 0.6) is 0 Å². The third-order valence-electron chi connectivity index (χ3n) is 2.91. The first-order valence-corrected chi connectivity index (χ1v) is 5.87. The highest BCUT2D eigenvalue weighted by molar-refractivity contribution is 5.66. The molecule has 0 atom stereocenters. The van der Waals surface area contributed by atoms with Crippen LogP contribution in [0.3, 0.4) is 0 Å². The second-order valence-electron chi connectivity index (χ2n) is 4.34. The maximum atomic E-state index is 10.7. The first-order valence-electron chi connectivity index (χ1n) is 5.87. The number of hydrogen-bond acceptors (Lipinski definition) is 4. The fourth-order valence-electron chi connectivity index (χ4n) is 1.89. The Kier molecular flexibility index (Phi) is 3.66. The SMILES string of the molecule is CN(Cc1ccccc1)c1ccc([N+](=O)[O-])c(N)c1. The van der Waals surface area contributed by atoms with Gasteiger partial charge in [0.25, 0.3) is 5.69 Å². The number of nitrogens with two attached hydrogens (primary N) is 1. The van der Waals surface area contributed by atoms with Crippen LogP contribution in [0, 0.1) is 10.1 Å². The van der Waals surface area contributed by atoms with E-state index in [-0.39, 0.29) is 11.4 Å². The van der Waals surface area contributed by atoms with E-state index in [9.17, 15) is 10.1 Å². The van der Waals surface area contributed by atoms with Crippen molar-refractivity contribution in [2.45, 2.75) is 6.54 Å². The molecule has 0 heterocycles. The molecular formula is C14H15N3O2. The summed E-state index contributed by atoms with van der Waals surface area (Å²) in [4.78, 5) is 12.2. The molecule has 98 valence electrons. The minimum Gasteiger partial charge on any atom is -0.393 e. The van der Waals surface area contributed by atoms with E-state index in [4.69, 9.17) is 5.73 Å². The quantitative estimate of drug-likeness (QED) is 0.519. The monoisotopic (exact) mass is 257 g/mol. The Morgan fingerprint density at radius 1 is 1.21 bits per heavy atom. The molecule has 2 aromatic carbocycles. The number of nitro groups is 1. The van der Waals surface area contributed by atoms with Gasteiger partial charge in [0.2, 0.25) is 0 Å². The third-order valence-corrected chi connectivity index (χ3v) is 2.91. The Labute approximate surface area is 111 Å². The molecule has 0 fully saturated rings. The average molecular weight is 257 g/mol. The molecule has 2 N–H and O–H groups in total. The largest absolute Gasteiger partial charge is 0.393 e. The van der Waals surface area contributed by atoms with E-state index in [1.807, 2.05) is 42.3 Å². The van der Waals surface area contributed by atoms with Crippen molar-refractivity contribution in [1.82, 2.24) is 0 Å². The minimum absolute atomic E-state index is 0.0585. The summed E-state index contributed by atoms with van der Waals surface area (Å²) >= 11 is 0. The summed E-state index contributed by atoms with van der Waals surface area (Å²) in [6, 6.07) is 14.8. The molecule has 0 unspecified atom stereocenters. The van der Waals surface area contributed by atoms with E-state index in [1.165, 1.54) is 11.6 Å². The van der Waals surface area contributed by atoms with Gasteiger partial charge in [-0.25, -0.2) is 0 Å². The molecule has 0 radical (unpaired) electrons. The van der Waals surface area contributed by atoms with Crippen LogP contribution in [-0.2, 0) is 6.54 Å². The second-order valence-corrected chi connectivity index (χ2v) is 4.34. The fourth-order valence-corrected chi connectivity index (χ4v) is 1.89. The van der Waals surface area contributed by atoms with Crippen molar-refractivity contribution < 1.29 is 4.92 Å². The molecule has 0 spiro atoms. The van der Waals surface area contributed by atoms with Crippen LogP contribution in [0.15, 0.2) is 48.5 Å². The van der Waals surface area contributed by atoms with E-state index in [1.54, 1.807) is 12.1 Å². The molecule has 0 saturated heterocycles. The minimum atomic E-state index is -0.476. The number of nitro benzene ring substituents is 1. The van der Waals surface area contributed by atoms with Gasteiger partial charge in [-0.05, 0) is 17.7 Å². The lowest BCUT2D eigenvalue weighted by atomic mass is 10.2. The topological polar surface area (TPSA) is 72.4 Å². The highest BCUT2D eigenvalue weighted by Crippen LogP contribution is 2.27. The van der Waals surface area contributed by atoms with Crippen molar-refractivity contribution in [1.29, 1.82) is 0 Å². The van der Waals surface area contributed by atoms with Gasteiger partial charge in [0.1, 0.15) is 5.69 Å². The van der Waals surface area contributed by atoms with E-state index >= 15 is 0 Å². The summed E-state index contributed by atoms with van der Waals surface area (Å²) in [6.07, 6.45) is 0. The number of nitrogens with zero attached hydrogens (tertiary/aromatic N) is 2. The molecule has 0 aromatic heterocycles. The smallest absolute Gasteiger partial charge is 0.292 e. The lowest BCUT2D eigenvalue weighted by molar-refractivity contribution is -0.383. The predicted octanol–water partition coefficient (Wildman–Crippen LogP) is 2.81. The molecule has 0 aliphatic carbocycles. The molecule has 2 aromatic rings. The molecule has 2 rings (SSSR count). The first kappa shape index (κ1) is 12.9. The highest BCUT2D eigenvalue weighted by atomic mass is 16.6. The van der Waals surface area contributed by atoms with Crippen LogP contribution in [0.1, 0.15) is 5.56 Å². The Morgan fingerprint density at radius 2 is 1.89 bits per heavy atom. The van der Waals surface area contributed by atoms with Gasteiger partial charge >= 0.3 is 0 Å². The molecule has 0 saturated carbocycles. The Balaban J connectivity index is 2.18. The maximum Gasteiger partial charge on any atom is 0.292 e. The van der Waals surface area contributed by atoms with Crippen molar-refractivity contribution in [3.63, 3.8) is 0 Å². The zero-order chi connectivity index (χ0) is 13.8. The maximum absolute atomic E-state index is 10.7. The van der Waals surface area contributed by atoms with Crippen molar-refractivity contribution in [2.75, 3.05) is 17.7 Å². The summed E-state index contributed by atoms with van der Waals surface area (Å²) < 4.78 is 0. The summed E-state index contributed by atoms with van der Waals surface area (Å²) in [5.74, 6) is 0. The fraction of sp³-hybridized carbons (Fsp3) is 0.143. The molecule has 0 amide bonds. The number of benzene rings is 2. The van der Waals surface area contributed by atoms with Crippen LogP contribution >= 0.6 is 0 Å². The Morgan fingerprint density at radius 3 is 2.47 bits per heavy atom. The van der Waals surface area contributed by atoms with E-state index in [0.717, 1.165) is 12.2 Å². The molecule has 5 nitrogen and oxygen atoms in total. The third kappa shape index (κ3) is 3.01. The molecule has 5 heteroatoms. The molecule has 19 heavy (non-hydrogen) atoms. The van der Waals surface area contributed by atoms with E-state index < -0.39 is 4.92 Å². The van der Waals surface area contributed by atoms with Crippen molar-refractivity contribution >= 4 is 17.1 Å². The normalized spacial score (nSPS) is 10.2. The van der Waals surface area contributed by atoms with Crippen molar-refractivity contribution in [2.24, 2.45) is 0 Å². The van der Waals surface area contributed by atoms with Crippen molar-refractivity contribution in [3.8, 4) is 0 Å². The number of hydrogen-bond donors (Lipinski definition) is 1. The highest BCUT2D eigenvalue weighted by Gasteiger charge is 2.12. The van der Waals surface area contributed by atoms with E-state index in [2.05, 4.69) is 0 Å². The van der Waals surface area contributed by atoms with Gasteiger partial charge in [0.05, 0.1) is 4.92 Å². The van der Waals surface area contributed by atoms with Gasteiger partial charge in [-0.15, -0.1) is 0 Å². The van der Waals surface area contributed by atoms with Crippen LogP contribution in [0.2, 0.25) is 0 Å².